The predicted octanol–water partition coefficient (Wildman–Crippen LogP) is 2.52. The molecule has 0 aliphatic rings. The number of nitriles is 2. The Labute approximate surface area is 90.0 Å². The molecule has 3 heteroatoms. The van der Waals surface area contributed by atoms with E-state index in [4.69, 9.17) is 10.5 Å². The van der Waals surface area contributed by atoms with Crippen molar-refractivity contribution in [1.29, 1.82) is 10.5 Å². The fourth-order valence-corrected chi connectivity index (χ4v) is 1.18. The van der Waals surface area contributed by atoms with Crippen molar-refractivity contribution in [2.45, 2.75) is 13.3 Å². The lowest BCUT2D eigenvalue weighted by molar-refractivity contribution is 0.674. The van der Waals surface area contributed by atoms with Gasteiger partial charge in [0.1, 0.15) is 0 Å². The monoisotopic (exact) mass is 199 g/mol. The van der Waals surface area contributed by atoms with Crippen molar-refractivity contribution in [1.82, 2.24) is 0 Å². The van der Waals surface area contributed by atoms with E-state index < -0.39 is 0 Å². The van der Waals surface area contributed by atoms with Crippen molar-refractivity contribution in [3.63, 3.8) is 0 Å². The van der Waals surface area contributed by atoms with Gasteiger partial charge in [-0.1, -0.05) is 6.92 Å². The van der Waals surface area contributed by atoms with Gasteiger partial charge in [0, 0.05) is 12.2 Å². The number of nitrogens with one attached hydrogen (secondary N) is 1. The van der Waals surface area contributed by atoms with E-state index in [0.29, 0.717) is 12.1 Å². The normalized spacial score (nSPS) is 11.1. The van der Waals surface area contributed by atoms with E-state index in [2.05, 4.69) is 17.5 Å². The SMILES string of the molecule is CCC(C#N)CNc1ccc(C#N)cc1. The highest BCUT2D eigenvalue weighted by molar-refractivity contribution is 5.47. The summed E-state index contributed by atoms with van der Waals surface area (Å²) in [5.74, 6) is 0.0423. The second-order valence-electron chi connectivity index (χ2n) is 3.30. The molecular formula is C12H13N3. The average molecular weight is 199 g/mol. The molecule has 1 rings (SSSR count). The topological polar surface area (TPSA) is 59.6 Å². The molecule has 0 aliphatic heterocycles. The van der Waals surface area contributed by atoms with Crippen LogP contribution in [0.2, 0.25) is 0 Å². The van der Waals surface area contributed by atoms with Crippen LogP contribution < -0.4 is 5.32 Å². The molecule has 1 atom stereocenters. The van der Waals surface area contributed by atoms with Crippen molar-refractivity contribution < 1.29 is 0 Å². The number of anilines is 1. The van der Waals surface area contributed by atoms with E-state index in [1.165, 1.54) is 0 Å². The smallest absolute Gasteiger partial charge is 0.0991 e. The minimum Gasteiger partial charge on any atom is -0.384 e. The minimum atomic E-state index is 0.0423. The van der Waals surface area contributed by atoms with Gasteiger partial charge < -0.3 is 5.32 Å². The van der Waals surface area contributed by atoms with E-state index in [9.17, 15) is 0 Å². The van der Waals surface area contributed by atoms with Crippen molar-refractivity contribution in [3.8, 4) is 12.1 Å². The molecule has 1 aromatic rings. The van der Waals surface area contributed by atoms with Gasteiger partial charge in [-0.3, -0.25) is 0 Å². The summed E-state index contributed by atoms with van der Waals surface area (Å²) in [5.41, 5.74) is 1.59. The Bertz CT molecular complexity index is 381. The molecular weight excluding hydrogens is 186 g/mol. The zero-order valence-corrected chi connectivity index (χ0v) is 8.70. The van der Waals surface area contributed by atoms with Gasteiger partial charge in [-0.05, 0) is 30.7 Å². The van der Waals surface area contributed by atoms with E-state index in [0.717, 1.165) is 12.1 Å². The molecule has 1 aromatic carbocycles. The Balaban J connectivity index is 2.52. The van der Waals surface area contributed by atoms with Gasteiger partial charge in [-0.15, -0.1) is 0 Å². The van der Waals surface area contributed by atoms with Crippen LogP contribution in [0.4, 0.5) is 5.69 Å². The number of nitrogens with zero attached hydrogens (tertiary/aromatic N) is 2. The van der Waals surface area contributed by atoms with Crippen LogP contribution in [0, 0.1) is 28.6 Å². The summed E-state index contributed by atoms with van der Waals surface area (Å²) in [4.78, 5) is 0. The molecule has 76 valence electrons. The Hall–Kier alpha value is -2.00. The summed E-state index contributed by atoms with van der Waals surface area (Å²) in [6, 6.07) is 11.5. The van der Waals surface area contributed by atoms with Gasteiger partial charge in [-0.2, -0.15) is 10.5 Å². The first-order valence-electron chi connectivity index (χ1n) is 4.93. The standard InChI is InChI=1S/C12H13N3/c1-2-10(7-13)9-15-12-5-3-11(8-14)4-6-12/h3-6,10,15H,2,9H2,1H3. The fraction of sp³-hybridized carbons (Fsp3) is 0.333. The lowest BCUT2D eigenvalue weighted by atomic mass is 10.1. The van der Waals surface area contributed by atoms with Gasteiger partial charge in [0.2, 0.25) is 0 Å². The summed E-state index contributed by atoms with van der Waals surface area (Å²) >= 11 is 0. The number of rotatable bonds is 4. The zero-order chi connectivity index (χ0) is 11.1. The van der Waals surface area contributed by atoms with Crippen LogP contribution in [0.15, 0.2) is 24.3 Å². The molecule has 3 nitrogen and oxygen atoms in total. The van der Waals surface area contributed by atoms with Gasteiger partial charge in [-0.25, -0.2) is 0 Å². The third kappa shape index (κ3) is 3.32. The lowest BCUT2D eigenvalue weighted by Gasteiger charge is -2.09. The van der Waals surface area contributed by atoms with E-state index in [1.807, 2.05) is 19.1 Å². The maximum Gasteiger partial charge on any atom is 0.0991 e. The van der Waals surface area contributed by atoms with E-state index in [1.54, 1.807) is 12.1 Å². The number of benzene rings is 1. The lowest BCUT2D eigenvalue weighted by Crippen LogP contribution is -2.11. The van der Waals surface area contributed by atoms with Crippen molar-refractivity contribution in [2.75, 3.05) is 11.9 Å². The van der Waals surface area contributed by atoms with Crippen LogP contribution in [0.25, 0.3) is 0 Å². The summed E-state index contributed by atoms with van der Waals surface area (Å²) in [6.45, 7) is 2.65. The molecule has 1 N–H and O–H groups in total. The Kier molecular flexibility index (Phi) is 4.19. The Morgan fingerprint density at radius 1 is 1.27 bits per heavy atom. The molecule has 15 heavy (non-hydrogen) atoms. The van der Waals surface area contributed by atoms with Gasteiger partial charge >= 0.3 is 0 Å². The van der Waals surface area contributed by atoms with Crippen LogP contribution in [-0.4, -0.2) is 6.54 Å². The average Bonchev–Trinajstić information content (AvgIpc) is 2.31. The first-order chi connectivity index (χ1) is 7.30. The summed E-state index contributed by atoms with van der Waals surface area (Å²) < 4.78 is 0. The summed E-state index contributed by atoms with van der Waals surface area (Å²) in [6.07, 6.45) is 0.847. The molecule has 0 aliphatic carbocycles. The zero-order valence-electron chi connectivity index (χ0n) is 8.70. The highest BCUT2D eigenvalue weighted by atomic mass is 14.9. The second kappa shape index (κ2) is 5.67. The molecule has 0 saturated heterocycles. The van der Waals surface area contributed by atoms with Gasteiger partial charge in [0.05, 0.1) is 23.6 Å². The molecule has 0 heterocycles. The molecule has 0 radical (unpaired) electrons. The molecule has 0 fully saturated rings. The van der Waals surface area contributed by atoms with Crippen molar-refractivity contribution >= 4 is 5.69 Å². The van der Waals surface area contributed by atoms with Gasteiger partial charge in [0.15, 0.2) is 0 Å². The molecule has 0 aromatic heterocycles. The molecule has 0 saturated carbocycles. The maximum absolute atomic E-state index is 8.75. The Morgan fingerprint density at radius 3 is 2.40 bits per heavy atom. The summed E-state index contributed by atoms with van der Waals surface area (Å²) in [7, 11) is 0. The first kappa shape index (κ1) is 11.1. The first-order valence-corrected chi connectivity index (χ1v) is 4.93. The molecule has 0 bridgehead atoms. The van der Waals surface area contributed by atoms with E-state index in [-0.39, 0.29) is 5.92 Å². The highest BCUT2D eigenvalue weighted by Crippen LogP contribution is 2.10. The highest BCUT2D eigenvalue weighted by Gasteiger charge is 2.03. The van der Waals surface area contributed by atoms with Crippen LogP contribution >= 0.6 is 0 Å². The fourth-order valence-electron chi connectivity index (χ4n) is 1.18. The minimum absolute atomic E-state index is 0.0423. The third-order valence-corrected chi connectivity index (χ3v) is 2.24. The van der Waals surface area contributed by atoms with E-state index >= 15 is 0 Å². The second-order valence-corrected chi connectivity index (χ2v) is 3.30. The van der Waals surface area contributed by atoms with Crippen LogP contribution in [0.3, 0.4) is 0 Å². The molecule has 0 amide bonds. The third-order valence-electron chi connectivity index (χ3n) is 2.24. The predicted molar refractivity (Wildman–Crippen MR) is 59.0 cm³/mol. The van der Waals surface area contributed by atoms with Crippen LogP contribution in [0.5, 0.6) is 0 Å². The van der Waals surface area contributed by atoms with Crippen molar-refractivity contribution in [3.05, 3.63) is 29.8 Å². The van der Waals surface area contributed by atoms with Crippen LogP contribution in [0.1, 0.15) is 18.9 Å². The number of hydrogen-bond donors (Lipinski definition) is 1. The Morgan fingerprint density at radius 2 is 1.93 bits per heavy atom. The molecule has 0 spiro atoms. The maximum atomic E-state index is 8.75. The summed E-state index contributed by atoms with van der Waals surface area (Å²) in [5, 5.41) is 20.5. The van der Waals surface area contributed by atoms with Crippen LogP contribution in [-0.2, 0) is 0 Å². The number of hydrogen-bond acceptors (Lipinski definition) is 3. The van der Waals surface area contributed by atoms with Gasteiger partial charge in [0.25, 0.3) is 0 Å². The van der Waals surface area contributed by atoms with Crippen molar-refractivity contribution in [2.24, 2.45) is 5.92 Å². The quantitative estimate of drug-likeness (QED) is 0.810. The largest absolute Gasteiger partial charge is 0.384 e. The molecule has 1 unspecified atom stereocenters.